The number of hydrogen-bond donors (Lipinski definition) is 1. The summed E-state index contributed by atoms with van der Waals surface area (Å²) >= 11 is 5.09. The molecule has 0 aliphatic heterocycles. The number of hydrogen-bond acceptors (Lipinski definition) is 7. The molecule has 36 heavy (non-hydrogen) atoms. The molecule has 170 valence electrons. The van der Waals surface area contributed by atoms with E-state index >= 15 is 0 Å². The van der Waals surface area contributed by atoms with Gasteiger partial charge in [0, 0.05) is 22.3 Å². The third-order valence-corrected chi connectivity index (χ3v) is 9.40. The van der Waals surface area contributed by atoms with E-state index in [1.165, 1.54) is 9.40 Å². The summed E-state index contributed by atoms with van der Waals surface area (Å²) in [4.78, 5) is 22.1. The normalized spacial score (nSPS) is 11.9. The van der Waals surface area contributed by atoms with Gasteiger partial charge in [0.25, 0.3) is 0 Å². The Bertz CT molecular complexity index is 2080. The molecule has 8 heteroatoms. The van der Waals surface area contributed by atoms with Crippen LogP contribution in [0.1, 0.15) is 0 Å². The van der Waals surface area contributed by atoms with Crippen molar-refractivity contribution in [3.05, 3.63) is 84.6 Å². The minimum atomic E-state index is 0.981. The maximum atomic E-state index is 5.00. The molecular formula is C28H15N5S3. The zero-order valence-corrected chi connectivity index (χ0v) is 21.0. The Morgan fingerprint density at radius 2 is 1.47 bits per heavy atom. The smallest absolute Gasteiger partial charge is 0.124 e. The third-order valence-electron chi connectivity index (χ3n) is 6.37. The van der Waals surface area contributed by atoms with Crippen LogP contribution in [0.2, 0.25) is 0 Å². The van der Waals surface area contributed by atoms with E-state index in [2.05, 4.69) is 87.7 Å². The van der Waals surface area contributed by atoms with E-state index < -0.39 is 0 Å². The highest BCUT2D eigenvalue weighted by Gasteiger charge is 2.15. The average molecular weight is 518 g/mol. The lowest BCUT2D eigenvalue weighted by atomic mass is 10.0. The largest absolute Gasteiger partial charge is 0.345 e. The topological polar surface area (TPSA) is 67.3 Å². The first-order chi connectivity index (χ1) is 17.8. The Morgan fingerprint density at radius 1 is 0.639 bits per heavy atom. The molecule has 1 N–H and O–H groups in total. The van der Waals surface area contributed by atoms with Crippen molar-refractivity contribution in [1.82, 2.24) is 24.9 Å². The molecule has 8 rings (SSSR count). The molecule has 0 fully saturated rings. The molecule has 4 aromatic carbocycles. The van der Waals surface area contributed by atoms with Gasteiger partial charge in [0.05, 0.1) is 53.5 Å². The van der Waals surface area contributed by atoms with Gasteiger partial charge in [-0.3, -0.25) is 0 Å². The lowest BCUT2D eigenvalue weighted by Crippen LogP contribution is -1.81. The fraction of sp³-hybridized carbons (Fsp3) is 0. The van der Waals surface area contributed by atoms with Crippen LogP contribution in [0, 0.1) is 0 Å². The highest BCUT2D eigenvalue weighted by molar-refractivity contribution is 7.23. The van der Waals surface area contributed by atoms with Crippen LogP contribution in [0.25, 0.3) is 74.0 Å². The van der Waals surface area contributed by atoms with E-state index in [9.17, 15) is 0 Å². The molecule has 4 aromatic heterocycles. The summed E-state index contributed by atoms with van der Waals surface area (Å²) in [6.45, 7) is 0. The van der Waals surface area contributed by atoms with E-state index in [0.29, 0.717) is 0 Å². The number of benzene rings is 4. The number of nitrogens with one attached hydrogen (secondary N) is 1. The van der Waals surface area contributed by atoms with Crippen molar-refractivity contribution in [2.45, 2.75) is 0 Å². The quantitative estimate of drug-likeness (QED) is 0.255. The number of fused-ring (bicyclic) bond motifs is 4. The van der Waals surface area contributed by atoms with Crippen molar-refractivity contribution in [3.8, 4) is 32.3 Å². The first-order valence-corrected chi connectivity index (χ1v) is 13.9. The van der Waals surface area contributed by atoms with E-state index in [4.69, 9.17) is 9.97 Å². The van der Waals surface area contributed by atoms with E-state index in [0.717, 1.165) is 64.6 Å². The van der Waals surface area contributed by atoms with Crippen molar-refractivity contribution in [2.75, 3.05) is 0 Å². The molecule has 0 atom stereocenters. The summed E-state index contributed by atoms with van der Waals surface area (Å²) in [7, 11) is 0. The Balaban J connectivity index is 1.23. The Morgan fingerprint density at radius 3 is 2.47 bits per heavy atom. The molecule has 0 saturated heterocycles. The number of thiazole rings is 3. The highest BCUT2D eigenvalue weighted by atomic mass is 32.1. The van der Waals surface area contributed by atoms with Gasteiger partial charge in [-0.25, -0.2) is 19.9 Å². The molecule has 0 saturated carbocycles. The van der Waals surface area contributed by atoms with E-state index in [-0.39, 0.29) is 0 Å². The van der Waals surface area contributed by atoms with Crippen LogP contribution < -0.4 is 0 Å². The van der Waals surface area contributed by atoms with Crippen LogP contribution in [-0.2, 0) is 0 Å². The fourth-order valence-electron chi connectivity index (χ4n) is 4.64. The predicted molar refractivity (Wildman–Crippen MR) is 152 cm³/mol. The number of rotatable bonds is 3. The molecule has 0 amide bonds. The second kappa shape index (κ2) is 7.76. The molecule has 8 aromatic rings. The first-order valence-electron chi connectivity index (χ1n) is 11.4. The van der Waals surface area contributed by atoms with Crippen LogP contribution in [0.5, 0.6) is 0 Å². The van der Waals surface area contributed by atoms with Crippen molar-refractivity contribution in [2.24, 2.45) is 0 Å². The second-order valence-electron chi connectivity index (χ2n) is 8.51. The van der Waals surface area contributed by atoms with Gasteiger partial charge in [-0.15, -0.1) is 34.0 Å². The van der Waals surface area contributed by atoms with Crippen LogP contribution in [0.4, 0.5) is 0 Å². The van der Waals surface area contributed by atoms with E-state index in [1.807, 2.05) is 5.51 Å². The highest BCUT2D eigenvalue weighted by Crippen LogP contribution is 2.40. The van der Waals surface area contributed by atoms with E-state index in [1.54, 1.807) is 40.3 Å². The molecule has 0 aliphatic carbocycles. The Kier molecular flexibility index (Phi) is 4.36. The van der Waals surface area contributed by atoms with Gasteiger partial charge in [0.15, 0.2) is 0 Å². The summed E-state index contributed by atoms with van der Waals surface area (Å²) in [6.07, 6.45) is 1.75. The minimum Gasteiger partial charge on any atom is -0.345 e. The van der Waals surface area contributed by atoms with Gasteiger partial charge < -0.3 is 4.98 Å². The number of aromatic nitrogens is 5. The average Bonchev–Trinajstić information content (AvgIpc) is 3.71. The summed E-state index contributed by atoms with van der Waals surface area (Å²) in [5.41, 5.74) is 11.4. The Hall–Kier alpha value is -3.98. The summed E-state index contributed by atoms with van der Waals surface area (Å²) in [6, 6.07) is 25.4. The summed E-state index contributed by atoms with van der Waals surface area (Å²) < 4.78 is 3.52. The molecule has 5 nitrogen and oxygen atoms in total. The van der Waals surface area contributed by atoms with Crippen molar-refractivity contribution >= 4 is 75.7 Å². The maximum Gasteiger partial charge on any atom is 0.124 e. The lowest BCUT2D eigenvalue weighted by molar-refractivity contribution is 1.34. The third kappa shape index (κ3) is 3.12. The number of nitrogens with zero attached hydrogens (tertiary/aromatic N) is 4. The monoisotopic (exact) mass is 517 g/mol. The minimum absolute atomic E-state index is 0.981. The summed E-state index contributed by atoms with van der Waals surface area (Å²) in [5, 5.41) is 2.02. The summed E-state index contributed by atoms with van der Waals surface area (Å²) in [5.74, 6) is 0. The van der Waals surface area contributed by atoms with Gasteiger partial charge in [-0.2, -0.15) is 0 Å². The van der Waals surface area contributed by atoms with Gasteiger partial charge in [0.2, 0.25) is 0 Å². The molecular weight excluding hydrogens is 503 g/mol. The second-order valence-corrected chi connectivity index (χ2v) is 11.4. The predicted octanol–water partition coefficient (Wildman–Crippen LogP) is 8.39. The molecule has 0 spiro atoms. The van der Waals surface area contributed by atoms with Crippen LogP contribution >= 0.6 is 34.0 Å². The first kappa shape index (κ1) is 20.2. The Labute approximate surface area is 216 Å². The van der Waals surface area contributed by atoms with Gasteiger partial charge >= 0.3 is 0 Å². The van der Waals surface area contributed by atoms with Gasteiger partial charge in [0.1, 0.15) is 10.0 Å². The zero-order valence-electron chi connectivity index (χ0n) is 18.6. The SMILES string of the molecule is c1cc(-c2cccc3[nH]cnc23)c2sc(-c3ccc4nc(-c5ccc6scnc6c5)sc4c3)nc2c1. The van der Waals surface area contributed by atoms with Gasteiger partial charge in [-0.05, 0) is 42.5 Å². The molecule has 0 unspecified atom stereocenters. The van der Waals surface area contributed by atoms with Crippen molar-refractivity contribution in [1.29, 1.82) is 0 Å². The maximum absolute atomic E-state index is 5.00. The number of H-pyrrole nitrogens is 1. The lowest BCUT2D eigenvalue weighted by Gasteiger charge is -2.03. The number of aromatic amines is 1. The number of para-hydroxylation sites is 1. The van der Waals surface area contributed by atoms with Crippen molar-refractivity contribution < 1.29 is 0 Å². The van der Waals surface area contributed by atoms with Gasteiger partial charge in [-0.1, -0.05) is 30.3 Å². The number of imidazole rings is 1. The molecule has 0 bridgehead atoms. The standard InChI is InChI=1S/C28H15N5S3/c1-3-17(25-20(5-1)29-13-30-25)18-4-2-6-21-26(18)36-28(33-21)16-7-9-19-24(12-16)35-27(32-19)15-8-10-23-22(11-15)31-14-34-23/h1-14H,(H,29,30). The molecule has 0 aliphatic rings. The van der Waals surface area contributed by atoms with Crippen LogP contribution in [0.3, 0.4) is 0 Å². The zero-order chi connectivity index (χ0) is 23.6. The van der Waals surface area contributed by atoms with Crippen molar-refractivity contribution in [3.63, 3.8) is 0 Å². The van der Waals surface area contributed by atoms with Crippen LogP contribution in [-0.4, -0.2) is 24.9 Å². The molecule has 4 heterocycles. The molecule has 0 radical (unpaired) electrons. The van der Waals surface area contributed by atoms with Crippen LogP contribution in [0.15, 0.2) is 84.6 Å². The fourth-order valence-corrected chi connectivity index (χ4v) is 7.39.